The van der Waals surface area contributed by atoms with E-state index in [0.717, 1.165) is 4.81 Å². The molecule has 14 heteroatoms. The Balaban J connectivity index is 1.52. The van der Waals surface area contributed by atoms with Gasteiger partial charge in [0.15, 0.2) is 0 Å². The highest BCUT2D eigenvalue weighted by atomic mass is 35.5. The number of alkyl halides is 2. The monoisotopic (exact) mass is 509 g/mol. The van der Waals surface area contributed by atoms with Gasteiger partial charge in [0.1, 0.15) is 29.6 Å². The molecule has 1 unspecified atom stereocenters. The maximum Gasteiger partial charge on any atom is 0.348 e. The SMILES string of the molecule is Bc1cc(C(F)(F)C(=O)N(B)Cc2ccc3c(c2)CN(C2CCC(=O)NC2=O)C3=O)c(B)c(B)c1Cl. The van der Waals surface area contributed by atoms with Crippen molar-refractivity contribution in [1.29, 1.82) is 0 Å². The molecular formula is C22H22B4ClF2N3O4. The molecule has 2 aliphatic heterocycles. The van der Waals surface area contributed by atoms with Gasteiger partial charge < -0.3 is 9.71 Å². The first-order chi connectivity index (χ1) is 16.8. The summed E-state index contributed by atoms with van der Waals surface area (Å²) in [6.45, 7) is 0.0591. The van der Waals surface area contributed by atoms with Crippen LogP contribution in [0.25, 0.3) is 0 Å². The molecule has 1 N–H and O–H groups in total. The second-order valence-electron chi connectivity index (χ2n) is 9.43. The van der Waals surface area contributed by atoms with Crippen molar-refractivity contribution in [3.05, 3.63) is 51.5 Å². The summed E-state index contributed by atoms with van der Waals surface area (Å²) in [5.74, 6) is -6.32. The molecule has 4 amide bonds. The van der Waals surface area contributed by atoms with Gasteiger partial charge in [0.2, 0.25) is 19.8 Å². The van der Waals surface area contributed by atoms with E-state index in [1.165, 1.54) is 26.8 Å². The summed E-state index contributed by atoms with van der Waals surface area (Å²) >= 11 is 6.18. The predicted molar refractivity (Wildman–Crippen MR) is 141 cm³/mol. The summed E-state index contributed by atoms with van der Waals surface area (Å²) in [6, 6.07) is 5.37. The third-order valence-corrected chi connectivity index (χ3v) is 7.55. The lowest BCUT2D eigenvalue weighted by Gasteiger charge is -2.29. The Morgan fingerprint density at radius 1 is 1.17 bits per heavy atom. The first-order valence-corrected chi connectivity index (χ1v) is 11.9. The fourth-order valence-electron chi connectivity index (χ4n) is 4.80. The number of hydrogen-bond acceptors (Lipinski definition) is 4. The van der Waals surface area contributed by atoms with E-state index in [0.29, 0.717) is 32.6 Å². The molecule has 0 spiro atoms. The molecule has 2 aliphatic rings. The number of amides is 4. The first-order valence-electron chi connectivity index (χ1n) is 11.5. The molecular weight excluding hydrogens is 487 g/mol. The predicted octanol–water partition coefficient (Wildman–Crippen LogP) is -3.46. The normalized spacial score (nSPS) is 17.7. The van der Waals surface area contributed by atoms with Crippen LogP contribution in [0.4, 0.5) is 8.78 Å². The number of carbonyl (C=O) groups is 4. The molecule has 0 aromatic heterocycles. The highest BCUT2D eigenvalue weighted by molar-refractivity contribution is 6.59. The van der Waals surface area contributed by atoms with E-state index in [1.807, 2.05) is 0 Å². The number of carbonyl (C=O) groups excluding carboxylic acids is 4. The minimum Gasteiger partial charge on any atom is -0.384 e. The zero-order valence-corrected chi connectivity index (χ0v) is 21.1. The van der Waals surface area contributed by atoms with E-state index in [9.17, 15) is 19.2 Å². The lowest BCUT2D eigenvalue weighted by Crippen LogP contribution is -2.52. The van der Waals surface area contributed by atoms with Gasteiger partial charge in [-0.05, 0) is 23.6 Å². The van der Waals surface area contributed by atoms with Gasteiger partial charge in [-0.15, -0.1) is 0 Å². The van der Waals surface area contributed by atoms with E-state index >= 15 is 8.78 Å². The Kier molecular flexibility index (Phi) is 6.81. The quantitative estimate of drug-likeness (QED) is 0.336. The van der Waals surface area contributed by atoms with Crippen molar-refractivity contribution in [3.8, 4) is 0 Å². The van der Waals surface area contributed by atoms with Crippen LogP contribution >= 0.6 is 11.6 Å². The number of benzene rings is 2. The number of hydrogen-bond donors (Lipinski definition) is 1. The minimum atomic E-state index is -3.76. The summed E-state index contributed by atoms with van der Waals surface area (Å²) in [7, 11) is 6.08. The van der Waals surface area contributed by atoms with Gasteiger partial charge in [0.05, 0.1) is 0 Å². The maximum absolute atomic E-state index is 15.3. The molecule has 0 radical (unpaired) electrons. The van der Waals surface area contributed by atoms with Crippen molar-refractivity contribution in [2.45, 2.75) is 37.9 Å². The van der Waals surface area contributed by atoms with Gasteiger partial charge in [-0.2, -0.15) is 8.78 Å². The van der Waals surface area contributed by atoms with Gasteiger partial charge in [0, 0.05) is 35.7 Å². The van der Waals surface area contributed by atoms with E-state index in [2.05, 4.69) is 5.32 Å². The standard InChI is InChI=1S/C22H22B4ClF2N3O4/c23-13-6-12(16(24)17(25)18(13)27)22(28,29)21(36)32(26)7-9-1-2-11-10(5-9)8-31(20(11)35)14-3-4-15(33)30-19(14)34/h1-2,5-6,14H,3-4,7-8,23-26H2,(H,30,33,34). The smallest absolute Gasteiger partial charge is 0.348 e. The van der Waals surface area contributed by atoms with Crippen molar-refractivity contribution in [3.63, 3.8) is 0 Å². The molecule has 0 aliphatic carbocycles. The van der Waals surface area contributed by atoms with Gasteiger partial charge in [-0.3, -0.25) is 24.5 Å². The summed E-state index contributed by atoms with van der Waals surface area (Å²) in [4.78, 5) is 51.7. The molecule has 7 nitrogen and oxygen atoms in total. The average molecular weight is 509 g/mol. The van der Waals surface area contributed by atoms with Crippen LogP contribution in [0.5, 0.6) is 0 Å². The van der Waals surface area contributed by atoms with E-state index < -0.39 is 23.8 Å². The largest absolute Gasteiger partial charge is 0.384 e. The molecule has 1 atom stereocenters. The molecule has 4 rings (SSSR count). The second kappa shape index (κ2) is 9.42. The van der Waals surface area contributed by atoms with Crippen LogP contribution in [0.2, 0.25) is 5.02 Å². The van der Waals surface area contributed by atoms with Gasteiger partial charge >= 0.3 is 5.92 Å². The zero-order valence-electron chi connectivity index (χ0n) is 20.4. The minimum absolute atomic E-state index is 0.0983. The molecule has 36 heavy (non-hydrogen) atoms. The summed E-state index contributed by atoms with van der Waals surface area (Å²) < 4.78 is 30.6. The van der Waals surface area contributed by atoms with Crippen molar-refractivity contribution >= 4 is 83.1 Å². The molecule has 0 bridgehead atoms. The molecule has 1 fully saturated rings. The Labute approximate surface area is 215 Å². The van der Waals surface area contributed by atoms with Crippen molar-refractivity contribution in [1.82, 2.24) is 15.0 Å². The van der Waals surface area contributed by atoms with E-state index in [4.69, 9.17) is 11.6 Å². The number of piperidine rings is 1. The third kappa shape index (κ3) is 4.45. The number of halogens is 3. The fourth-order valence-corrected chi connectivity index (χ4v) is 5.00. The van der Waals surface area contributed by atoms with Gasteiger partial charge in [-0.25, -0.2) is 0 Å². The van der Waals surface area contributed by atoms with Crippen LogP contribution in [0.3, 0.4) is 0 Å². The Hall–Kier alpha value is -3.07. The van der Waals surface area contributed by atoms with Gasteiger partial charge in [0.25, 0.3) is 11.8 Å². The van der Waals surface area contributed by atoms with Crippen molar-refractivity contribution in [2.24, 2.45) is 0 Å². The molecule has 182 valence electrons. The highest BCUT2D eigenvalue weighted by Gasteiger charge is 2.44. The topological polar surface area (TPSA) is 86.8 Å². The van der Waals surface area contributed by atoms with Crippen LogP contribution in [0.15, 0.2) is 24.3 Å². The molecule has 2 aromatic carbocycles. The third-order valence-electron chi connectivity index (χ3n) is 6.96. The number of nitrogens with one attached hydrogen (secondary N) is 1. The van der Waals surface area contributed by atoms with E-state index in [1.54, 1.807) is 33.9 Å². The number of fused-ring (bicyclic) bond motifs is 1. The fraction of sp³-hybridized carbons (Fsp3) is 0.273. The molecule has 2 aromatic rings. The zero-order chi connectivity index (χ0) is 26.5. The van der Waals surface area contributed by atoms with Crippen LogP contribution in [-0.2, 0) is 33.4 Å². The second-order valence-corrected chi connectivity index (χ2v) is 9.81. The Morgan fingerprint density at radius 3 is 2.53 bits per heavy atom. The first kappa shape index (κ1) is 26.0. The van der Waals surface area contributed by atoms with Crippen molar-refractivity contribution in [2.75, 3.05) is 0 Å². The summed E-state index contributed by atoms with van der Waals surface area (Å²) in [5, 5.41) is 2.65. The van der Waals surface area contributed by atoms with Crippen LogP contribution < -0.4 is 21.7 Å². The van der Waals surface area contributed by atoms with Crippen LogP contribution in [0, 0.1) is 0 Å². The van der Waals surface area contributed by atoms with Crippen molar-refractivity contribution < 1.29 is 28.0 Å². The summed E-state index contributed by atoms with van der Waals surface area (Å²) in [5.41, 5.74) is 2.47. The molecule has 2 heterocycles. The Bertz CT molecular complexity index is 1330. The number of rotatable bonds is 5. The highest BCUT2D eigenvalue weighted by Crippen LogP contribution is 2.31. The number of imide groups is 1. The maximum atomic E-state index is 15.3. The molecule has 1 saturated heterocycles. The van der Waals surface area contributed by atoms with Crippen LogP contribution in [0.1, 0.15) is 39.9 Å². The number of nitrogens with zero attached hydrogens (tertiary/aromatic N) is 2. The lowest BCUT2D eigenvalue weighted by molar-refractivity contribution is -0.154. The average Bonchev–Trinajstić information content (AvgIpc) is 3.14. The van der Waals surface area contributed by atoms with E-state index in [-0.39, 0.29) is 48.8 Å². The lowest BCUT2D eigenvalue weighted by atomic mass is 9.72. The molecule has 0 saturated carbocycles. The van der Waals surface area contributed by atoms with Crippen LogP contribution in [-0.4, -0.2) is 70.9 Å². The summed E-state index contributed by atoms with van der Waals surface area (Å²) in [6.07, 6.45) is 0.391. The Morgan fingerprint density at radius 2 is 1.86 bits per heavy atom. The van der Waals surface area contributed by atoms with Gasteiger partial charge in [-0.1, -0.05) is 46.2 Å².